The van der Waals surface area contributed by atoms with Gasteiger partial charge in [0.1, 0.15) is 0 Å². The summed E-state index contributed by atoms with van der Waals surface area (Å²) in [4.78, 5) is 0.135. The molecule has 1 heterocycles. The summed E-state index contributed by atoms with van der Waals surface area (Å²) >= 11 is 0. The van der Waals surface area contributed by atoms with Gasteiger partial charge in [-0.2, -0.15) is 0 Å². The van der Waals surface area contributed by atoms with Crippen molar-refractivity contribution < 1.29 is 13.2 Å². The molecule has 0 spiro atoms. The Morgan fingerprint density at radius 3 is 2.79 bits per heavy atom. The van der Waals surface area contributed by atoms with E-state index in [1.54, 1.807) is 12.1 Å². The molecule has 1 aliphatic rings. The first-order valence-corrected chi connectivity index (χ1v) is 7.90. The third-order valence-corrected chi connectivity index (χ3v) is 4.50. The van der Waals surface area contributed by atoms with Crippen molar-refractivity contribution in [1.82, 2.24) is 0 Å². The number of aryl methyl sites for hydroxylation is 1. The van der Waals surface area contributed by atoms with Crippen LogP contribution in [0, 0.1) is 12.8 Å². The molecule has 0 bridgehead atoms. The van der Waals surface area contributed by atoms with Crippen LogP contribution in [0.4, 0.5) is 5.69 Å². The Morgan fingerprint density at radius 1 is 1.47 bits per heavy atom. The Bertz CT molecular complexity index is 551. The third kappa shape index (κ3) is 3.46. The van der Waals surface area contributed by atoms with E-state index in [0.717, 1.165) is 30.9 Å². The van der Waals surface area contributed by atoms with Crippen molar-refractivity contribution in [2.45, 2.75) is 31.2 Å². The monoisotopic (exact) mass is 284 g/mol. The number of nitrogens with two attached hydrogens (primary N) is 1. The number of rotatable bonds is 4. The zero-order chi connectivity index (χ0) is 14.0. The molecule has 1 saturated heterocycles. The number of benzene rings is 1. The van der Waals surface area contributed by atoms with Gasteiger partial charge in [-0.15, -0.1) is 0 Å². The lowest BCUT2D eigenvalue weighted by atomic mass is 10.00. The molecule has 1 fully saturated rings. The van der Waals surface area contributed by atoms with Crippen LogP contribution >= 0.6 is 0 Å². The molecule has 5 nitrogen and oxygen atoms in total. The Morgan fingerprint density at radius 2 is 2.21 bits per heavy atom. The van der Waals surface area contributed by atoms with Crippen molar-refractivity contribution in [2.75, 3.05) is 18.5 Å². The van der Waals surface area contributed by atoms with Crippen LogP contribution in [0.25, 0.3) is 0 Å². The summed E-state index contributed by atoms with van der Waals surface area (Å²) in [6, 6.07) is 5.12. The minimum atomic E-state index is -3.66. The zero-order valence-corrected chi connectivity index (χ0v) is 12.0. The van der Waals surface area contributed by atoms with Crippen molar-refractivity contribution in [3.63, 3.8) is 0 Å². The Hall–Kier alpha value is -1.11. The average Bonchev–Trinajstić information content (AvgIpc) is 2.84. The van der Waals surface area contributed by atoms with Gasteiger partial charge in [0.25, 0.3) is 0 Å². The maximum atomic E-state index is 11.4. The van der Waals surface area contributed by atoms with Crippen molar-refractivity contribution in [3.8, 4) is 0 Å². The maximum Gasteiger partial charge on any atom is 0.238 e. The molecule has 3 N–H and O–H groups in total. The molecule has 0 amide bonds. The highest BCUT2D eigenvalue weighted by Gasteiger charge is 2.22. The van der Waals surface area contributed by atoms with Gasteiger partial charge < -0.3 is 10.1 Å². The van der Waals surface area contributed by atoms with E-state index in [2.05, 4.69) is 12.2 Å². The minimum Gasteiger partial charge on any atom is -0.382 e. The van der Waals surface area contributed by atoms with E-state index in [0.29, 0.717) is 5.92 Å². The minimum absolute atomic E-state index is 0.135. The van der Waals surface area contributed by atoms with Crippen molar-refractivity contribution in [3.05, 3.63) is 23.8 Å². The average molecular weight is 284 g/mol. The van der Waals surface area contributed by atoms with Gasteiger partial charge in [0, 0.05) is 24.3 Å². The fraction of sp³-hybridized carbons (Fsp3) is 0.538. The molecule has 2 rings (SSSR count). The van der Waals surface area contributed by atoms with Gasteiger partial charge in [0.05, 0.1) is 11.5 Å². The van der Waals surface area contributed by atoms with Gasteiger partial charge in [0.2, 0.25) is 10.0 Å². The van der Waals surface area contributed by atoms with Crippen molar-refractivity contribution in [1.29, 1.82) is 0 Å². The Balaban J connectivity index is 2.19. The molecule has 1 aromatic rings. The predicted octanol–water partition coefficient (Wildman–Crippen LogP) is 1.48. The van der Waals surface area contributed by atoms with Gasteiger partial charge in [-0.05, 0) is 38.0 Å². The topological polar surface area (TPSA) is 81.4 Å². The molecule has 0 aliphatic carbocycles. The predicted molar refractivity (Wildman–Crippen MR) is 74.6 cm³/mol. The number of hydrogen-bond donors (Lipinski definition) is 2. The lowest BCUT2D eigenvalue weighted by Crippen LogP contribution is -2.26. The molecule has 0 aromatic heterocycles. The van der Waals surface area contributed by atoms with E-state index in [9.17, 15) is 8.42 Å². The van der Waals surface area contributed by atoms with E-state index < -0.39 is 10.0 Å². The highest BCUT2D eigenvalue weighted by Crippen LogP contribution is 2.24. The van der Waals surface area contributed by atoms with Crippen LogP contribution in [0.15, 0.2) is 23.1 Å². The lowest BCUT2D eigenvalue weighted by Gasteiger charge is -2.22. The maximum absolute atomic E-state index is 11.4. The van der Waals surface area contributed by atoms with Crippen LogP contribution in [0.5, 0.6) is 0 Å². The summed E-state index contributed by atoms with van der Waals surface area (Å²) in [5.74, 6) is 0.456. The molecule has 0 saturated carbocycles. The largest absolute Gasteiger partial charge is 0.382 e. The SMILES string of the molecule is Cc1ccc(S(N)(=O)=O)cc1NC(C)C1CCOC1. The molecule has 1 aromatic carbocycles. The first kappa shape index (κ1) is 14.3. The zero-order valence-electron chi connectivity index (χ0n) is 11.2. The first-order chi connectivity index (χ1) is 8.88. The lowest BCUT2D eigenvalue weighted by molar-refractivity contribution is 0.183. The van der Waals surface area contributed by atoms with Crippen LogP contribution < -0.4 is 10.5 Å². The van der Waals surface area contributed by atoms with E-state index in [1.807, 2.05) is 6.92 Å². The summed E-state index contributed by atoms with van der Waals surface area (Å²) in [6.45, 7) is 5.57. The van der Waals surface area contributed by atoms with Crippen LogP contribution in [0.1, 0.15) is 18.9 Å². The van der Waals surface area contributed by atoms with Gasteiger partial charge >= 0.3 is 0 Å². The number of nitrogens with one attached hydrogen (secondary N) is 1. The number of anilines is 1. The number of hydrogen-bond acceptors (Lipinski definition) is 4. The fourth-order valence-corrected chi connectivity index (χ4v) is 2.78. The summed E-state index contributed by atoms with van der Waals surface area (Å²) < 4.78 is 28.1. The van der Waals surface area contributed by atoms with Gasteiger partial charge in [-0.3, -0.25) is 0 Å². The van der Waals surface area contributed by atoms with E-state index >= 15 is 0 Å². The van der Waals surface area contributed by atoms with E-state index in [4.69, 9.17) is 9.88 Å². The van der Waals surface area contributed by atoms with Gasteiger partial charge in [-0.25, -0.2) is 13.6 Å². The number of primary sulfonamides is 1. The summed E-state index contributed by atoms with van der Waals surface area (Å²) in [5, 5.41) is 8.52. The van der Waals surface area contributed by atoms with Gasteiger partial charge in [-0.1, -0.05) is 6.07 Å². The Labute approximate surface area is 114 Å². The highest BCUT2D eigenvalue weighted by atomic mass is 32.2. The molecule has 2 atom stereocenters. The Kier molecular flexibility index (Phi) is 4.13. The summed E-state index contributed by atoms with van der Waals surface area (Å²) in [5.41, 5.74) is 1.81. The van der Waals surface area contributed by atoms with Crippen LogP contribution in [-0.2, 0) is 14.8 Å². The normalized spacial score (nSPS) is 21.3. The van der Waals surface area contributed by atoms with Crippen molar-refractivity contribution >= 4 is 15.7 Å². The molecular weight excluding hydrogens is 264 g/mol. The quantitative estimate of drug-likeness (QED) is 0.877. The fourth-order valence-electron chi connectivity index (χ4n) is 2.24. The van der Waals surface area contributed by atoms with Crippen LogP contribution in [-0.4, -0.2) is 27.7 Å². The summed E-state index contributed by atoms with van der Waals surface area (Å²) in [7, 11) is -3.66. The summed E-state index contributed by atoms with van der Waals surface area (Å²) in [6.07, 6.45) is 1.03. The molecule has 2 unspecified atom stereocenters. The third-order valence-electron chi connectivity index (χ3n) is 3.59. The second-order valence-electron chi connectivity index (χ2n) is 5.08. The second kappa shape index (κ2) is 5.48. The molecule has 1 aliphatic heterocycles. The smallest absolute Gasteiger partial charge is 0.238 e. The highest BCUT2D eigenvalue weighted by molar-refractivity contribution is 7.89. The van der Waals surface area contributed by atoms with Crippen LogP contribution in [0.2, 0.25) is 0 Å². The van der Waals surface area contributed by atoms with E-state index in [1.165, 1.54) is 6.07 Å². The second-order valence-corrected chi connectivity index (χ2v) is 6.64. The number of ether oxygens (including phenoxy) is 1. The molecule has 106 valence electrons. The molecule has 19 heavy (non-hydrogen) atoms. The first-order valence-electron chi connectivity index (χ1n) is 6.35. The van der Waals surface area contributed by atoms with Gasteiger partial charge in [0.15, 0.2) is 0 Å². The number of sulfonamides is 1. The standard InChI is InChI=1S/C13H20N2O3S/c1-9-3-4-12(19(14,16)17)7-13(9)15-10(2)11-5-6-18-8-11/h3-4,7,10-11,15H,5-6,8H2,1-2H3,(H2,14,16,17). The van der Waals surface area contributed by atoms with Crippen molar-refractivity contribution in [2.24, 2.45) is 11.1 Å². The molecule has 6 heteroatoms. The van der Waals surface area contributed by atoms with Crippen LogP contribution in [0.3, 0.4) is 0 Å². The van der Waals surface area contributed by atoms with E-state index in [-0.39, 0.29) is 10.9 Å². The molecular formula is C13H20N2O3S. The molecule has 0 radical (unpaired) electrons.